The Balaban J connectivity index is 3.29. The smallest absolute Gasteiger partial charge is 0.136 e. The van der Waals surface area contributed by atoms with Crippen LogP contribution in [-0.4, -0.2) is 20.3 Å². The van der Waals surface area contributed by atoms with Gasteiger partial charge in [-0.05, 0) is 42.3 Å². The molecule has 0 bridgehead atoms. The Bertz CT molecular complexity index is 378. The van der Waals surface area contributed by atoms with Crippen molar-refractivity contribution in [3.8, 4) is 11.5 Å². The molecule has 1 rings (SSSR count). The Morgan fingerprint density at radius 3 is 2.44 bits per heavy atom. The van der Waals surface area contributed by atoms with E-state index in [4.69, 9.17) is 15.2 Å². The maximum atomic E-state index is 5.82. The van der Waals surface area contributed by atoms with Gasteiger partial charge in [0.15, 0.2) is 0 Å². The van der Waals surface area contributed by atoms with Gasteiger partial charge in [-0.3, -0.25) is 0 Å². The fourth-order valence-corrected chi connectivity index (χ4v) is 2.29. The minimum Gasteiger partial charge on any atom is -0.496 e. The van der Waals surface area contributed by atoms with Gasteiger partial charge in [0.2, 0.25) is 0 Å². The molecule has 2 N–H and O–H groups in total. The zero-order valence-electron chi connectivity index (χ0n) is 10.1. The quantitative estimate of drug-likeness (QED) is 0.926. The molecule has 4 heteroatoms. The van der Waals surface area contributed by atoms with Gasteiger partial charge < -0.3 is 15.2 Å². The molecule has 0 aliphatic rings. The maximum absolute atomic E-state index is 5.82. The van der Waals surface area contributed by atoms with Crippen LogP contribution in [0.25, 0.3) is 0 Å². The highest BCUT2D eigenvalue weighted by atomic mass is 79.9. The normalized spacial score (nSPS) is 12.4. The maximum Gasteiger partial charge on any atom is 0.136 e. The van der Waals surface area contributed by atoms with Gasteiger partial charge in [0, 0.05) is 17.2 Å². The van der Waals surface area contributed by atoms with E-state index in [1.807, 2.05) is 19.9 Å². The highest BCUT2D eigenvalue weighted by molar-refractivity contribution is 9.10. The molecule has 0 aliphatic carbocycles. The van der Waals surface area contributed by atoms with Gasteiger partial charge in [-0.15, -0.1) is 0 Å². The Morgan fingerprint density at radius 1 is 1.38 bits per heavy atom. The summed E-state index contributed by atoms with van der Waals surface area (Å²) in [5.41, 5.74) is 7.91. The van der Waals surface area contributed by atoms with Gasteiger partial charge in [0.05, 0.1) is 18.7 Å². The summed E-state index contributed by atoms with van der Waals surface area (Å²) in [6, 6.07) is 2.08. The van der Waals surface area contributed by atoms with E-state index in [0.717, 1.165) is 33.5 Å². The Morgan fingerprint density at radius 2 is 2.00 bits per heavy atom. The van der Waals surface area contributed by atoms with Gasteiger partial charge in [0.25, 0.3) is 0 Å². The van der Waals surface area contributed by atoms with E-state index in [-0.39, 0.29) is 6.04 Å². The number of halogens is 1. The van der Waals surface area contributed by atoms with Crippen molar-refractivity contribution in [2.24, 2.45) is 5.73 Å². The van der Waals surface area contributed by atoms with Crippen molar-refractivity contribution < 1.29 is 9.47 Å². The second kappa shape index (κ2) is 5.55. The van der Waals surface area contributed by atoms with E-state index in [1.54, 1.807) is 14.2 Å². The molecule has 1 atom stereocenters. The van der Waals surface area contributed by atoms with Crippen molar-refractivity contribution in [1.29, 1.82) is 0 Å². The van der Waals surface area contributed by atoms with E-state index in [1.165, 1.54) is 0 Å². The summed E-state index contributed by atoms with van der Waals surface area (Å²) in [5.74, 6) is 1.69. The van der Waals surface area contributed by atoms with Gasteiger partial charge in [-0.25, -0.2) is 0 Å². The number of hydrogen-bond donors (Lipinski definition) is 1. The van der Waals surface area contributed by atoms with Crippen molar-refractivity contribution in [2.75, 3.05) is 14.2 Å². The van der Waals surface area contributed by atoms with Crippen LogP contribution in [0.2, 0.25) is 0 Å². The minimum atomic E-state index is 0.0909. The number of benzene rings is 1. The molecule has 0 fully saturated rings. The molecule has 90 valence electrons. The molecule has 0 aromatic heterocycles. The summed E-state index contributed by atoms with van der Waals surface area (Å²) in [6.45, 7) is 3.96. The monoisotopic (exact) mass is 287 g/mol. The van der Waals surface area contributed by atoms with Crippen LogP contribution in [0, 0.1) is 6.92 Å². The Labute approximate surface area is 105 Å². The van der Waals surface area contributed by atoms with Crippen LogP contribution in [0.3, 0.4) is 0 Å². The molecule has 1 aromatic carbocycles. The molecule has 0 aliphatic heterocycles. The summed E-state index contributed by atoms with van der Waals surface area (Å²) < 4.78 is 11.7. The number of rotatable bonds is 4. The molecular formula is C12H18BrNO2. The second-order valence-corrected chi connectivity index (χ2v) is 4.68. The molecule has 1 unspecified atom stereocenters. The van der Waals surface area contributed by atoms with E-state index in [9.17, 15) is 0 Å². The molecule has 0 radical (unpaired) electrons. The van der Waals surface area contributed by atoms with Gasteiger partial charge in [-0.1, -0.05) is 0 Å². The van der Waals surface area contributed by atoms with Crippen LogP contribution in [-0.2, 0) is 6.42 Å². The third kappa shape index (κ3) is 2.68. The SMILES string of the molecule is COc1cc(CC(C)N)c(OC)c(Br)c1C. The first-order valence-electron chi connectivity index (χ1n) is 5.16. The zero-order valence-corrected chi connectivity index (χ0v) is 11.7. The molecule has 0 spiro atoms. The summed E-state index contributed by atoms with van der Waals surface area (Å²) in [6.07, 6.45) is 0.762. The molecule has 3 nitrogen and oxygen atoms in total. The third-order valence-electron chi connectivity index (χ3n) is 2.46. The van der Waals surface area contributed by atoms with E-state index in [0.29, 0.717) is 0 Å². The Hall–Kier alpha value is -0.740. The molecule has 0 amide bonds. The highest BCUT2D eigenvalue weighted by Gasteiger charge is 2.15. The topological polar surface area (TPSA) is 44.5 Å². The molecule has 1 aromatic rings. The molecule has 0 heterocycles. The fourth-order valence-electron chi connectivity index (χ4n) is 1.68. The molecule has 16 heavy (non-hydrogen) atoms. The van der Waals surface area contributed by atoms with Gasteiger partial charge in [0.1, 0.15) is 11.5 Å². The Kier molecular flexibility index (Phi) is 4.62. The molecule has 0 saturated carbocycles. The average molecular weight is 288 g/mol. The fraction of sp³-hybridized carbons (Fsp3) is 0.500. The van der Waals surface area contributed by atoms with Crippen LogP contribution in [0.1, 0.15) is 18.1 Å². The second-order valence-electron chi connectivity index (χ2n) is 3.89. The number of methoxy groups -OCH3 is 2. The predicted octanol–water partition coefficient (Wildman–Crippen LogP) is 2.66. The summed E-state index contributed by atoms with van der Waals surface area (Å²) in [5, 5.41) is 0. The molecular weight excluding hydrogens is 270 g/mol. The molecule has 0 saturated heterocycles. The first-order valence-corrected chi connectivity index (χ1v) is 5.96. The first kappa shape index (κ1) is 13.3. The van der Waals surface area contributed by atoms with E-state index in [2.05, 4.69) is 15.9 Å². The predicted molar refractivity (Wildman–Crippen MR) is 69.3 cm³/mol. The van der Waals surface area contributed by atoms with Crippen LogP contribution >= 0.6 is 15.9 Å². The summed E-state index contributed by atoms with van der Waals surface area (Å²) >= 11 is 3.53. The lowest BCUT2D eigenvalue weighted by molar-refractivity contribution is 0.393. The zero-order chi connectivity index (χ0) is 12.3. The number of hydrogen-bond acceptors (Lipinski definition) is 3. The summed E-state index contributed by atoms with van der Waals surface area (Å²) in [7, 11) is 3.33. The standard InChI is InChI=1S/C12H18BrNO2/c1-7(14)5-9-6-10(15-3)8(2)11(13)12(9)16-4/h6-7H,5,14H2,1-4H3. The van der Waals surface area contributed by atoms with Crippen molar-refractivity contribution in [2.45, 2.75) is 26.3 Å². The van der Waals surface area contributed by atoms with E-state index >= 15 is 0 Å². The van der Waals surface area contributed by atoms with Crippen LogP contribution in [0.5, 0.6) is 11.5 Å². The van der Waals surface area contributed by atoms with Crippen molar-refractivity contribution in [1.82, 2.24) is 0 Å². The average Bonchev–Trinajstić information content (AvgIpc) is 2.23. The lowest BCUT2D eigenvalue weighted by Gasteiger charge is -2.16. The van der Waals surface area contributed by atoms with Gasteiger partial charge in [-0.2, -0.15) is 0 Å². The largest absolute Gasteiger partial charge is 0.496 e. The van der Waals surface area contributed by atoms with Gasteiger partial charge >= 0.3 is 0 Å². The third-order valence-corrected chi connectivity index (χ3v) is 3.42. The van der Waals surface area contributed by atoms with Crippen molar-refractivity contribution >= 4 is 15.9 Å². The minimum absolute atomic E-state index is 0.0909. The van der Waals surface area contributed by atoms with Crippen molar-refractivity contribution in [3.63, 3.8) is 0 Å². The summed E-state index contributed by atoms with van der Waals surface area (Å²) in [4.78, 5) is 0. The van der Waals surface area contributed by atoms with Crippen molar-refractivity contribution in [3.05, 3.63) is 21.7 Å². The van der Waals surface area contributed by atoms with Crippen LogP contribution in [0.4, 0.5) is 0 Å². The first-order chi connectivity index (χ1) is 7.51. The lowest BCUT2D eigenvalue weighted by Crippen LogP contribution is -2.18. The van der Waals surface area contributed by atoms with E-state index < -0.39 is 0 Å². The number of ether oxygens (including phenoxy) is 2. The lowest BCUT2D eigenvalue weighted by atomic mass is 10.0. The highest BCUT2D eigenvalue weighted by Crippen LogP contribution is 2.38. The number of nitrogens with two attached hydrogens (primary N) is 1. The van der Waals surface area contributed by atoms with Crippen LogP contribution in [0.15, 0.2) is 10.5 Å². The van der Waals surface area contributed by atoms with Crippen LogP contribution < -0.4 is 15.2 Å².